The van der Waals surface area contributed by atoms with Gasteiger partial charge in [-0.25, -0.2) is 0 Å². The summed E-state index contributed by atoms with van der Waals surface area (Å²) in [4.78, 5) is 24.8. The molecule has 1 amide bonds. The number of hydrogen-bond donors (Lipinski definition) is 1. The first-order chi connectivity index (χ1) is 10.6. The highest BCUT2D eigenvalue weighted by atomic mass is 35.5. The third-order valence-electron chi connectivity index (χ3n) is 3.26. The fourth-order valence-electron chi connectivity index (χ4n) is 2.21. The van der Waals surface area contributed by atoms with Crippen LogP contribution in [0.15, 0.2) is 53.3 Å². The van der Waals surface area contributed by atoms with E-state index in [1.807, 2.05) is 6.07 Å². The molecule has 110 valence electrons. The molecule has 0 saturated carbocycles. The summed E-state index contributed by atoms with van der Waals surface area (Å²) >= 11 is 5.94. The van der Waals surface area contributed by atoms with Gasteiger partial charge in [0.15, 0.2) is 5.69 Å². The topological polar surface area (TPSA) is 64.0 Å². The van der Waals surface area contributed by atoms with Crippen LogP contribution in [0.4, 0.5) is 5.69 Å². The second-order valence-electron chi connectivity index (χ2n) is 4.78. The Hall–Kier alpha value is -2.66. The molecule has 0 radical (unpaired) electrons. The number of carbonyl (C=O) groups is 1. The molecule has 2 aromatic carbocycles. The summed E-state index contributed by atoms with van der Waals surface area (Å²) in [5.41, 5.74) is 0.610. The van der Waals surface area contributed by atoms with E-state index >= 15 is 0 Å². The SMILES string of the molecule is Cn1nc(C(=O)Nc2ccccc2)c(=O)c2cc(Cl)ccc21. The van der Waals surface area contributed by atoms with Crippen LogP contribution >= 0.6 is 11.6 Å². The van der Waals surface area contributed by atoms with Gasteiger partial charge in [0.1, 0.15) is 0 Å². The average molecular weight is 314 g/mol. The number of nitrogens with one attached hydrogen (secondary N) is 1. The lowest BCUT2D eigenvalue weighted by Gasteiger charge is -2.08. The zero-order valence-electron chi connectivity index (χ0n) is 11.7. The van der Waals surface area contributed by atoms with Crippen LogP contribution in [0.25, 0.3) is 10.9 Å². The van der Waals surface area contributed by atoms with Crippen molar-refractivity contribution in [3.8, 4) is 0 Å². The smallest absolute Gasteiger partial charge is 0.280 e. The Labute approximate surface area is 131 Å². The van der Waals surface area contributed by atoms with Gasteiger partial charge in [-0.2, -0.15) is 5.10 Å². The molecule has 1 aromatic heterocycles. The Morgan fingerprint density at radius 1 is 1.18 bits per heavy atom. The van der Waals surface area contributed by atoms with Gasteiger partial charge in [0.2, 0.25) is 5.43 Å². The Kier molecular flexibility index (Phi) is 3.65. The second kappa shape index (κ2) is 5.61. The van der Waals surface area contributed by atoms with Crippen LogP contribution in [0.1, 0.15) is 10.5 Å². The highest BCUT2D eigenvalue weighted by Gasteiger charge is 2.16. The highest BCUT2D eigenvalue weighted by molar-refractivity contribution is 6.31. The average Bonchev–Trinajstić information content (AvgIpc) is 2.51. The summed E-state index contributed by atoms with van der Waals surface area (Å²) in [6, 6.07) is 13.8. The predicted octanol–water partition coefficient (Wildman–Crippen LogP) is 2.84. The van der Waals surface area contributed by atoms with E-state index in [-0.39, 0.29) is 5.69 Å². The monoisotopic (exact) mass is 313 g/mol. The maximum Gasteiger partial charge on any atom is 0.280 e. The Morgan fingerprint density at radius 2 is 1.91 bits per heavy atom. The molecule has 1 heterocycles. The van der Waals surface area contributed by atoms with Crippen molar-refractivity contribution in [2.75, 3.05) is 5.32 Å². The lowest BCUT2D eigenvalue weighted by atomic mass is 10.2. The molecule has 0 saturated heterocycles. The Balaban J connectivity index is 2.09. The van der Waals surface area contributed by atoms with Crippen LogP contribution < -0.4 is 10.7 Å². The standard InChI is InChI=1S/C16H12ClN3O2/c1-20-13-8-7-10(17)9-12(13)15(21)14(19-20)16(22)18-11-5-3-2-4-6-11/h2-9H,1H3,(H,18,22). The quantitative estimate of drug-likeness (QED) is 0.791. The molecule has 3 aromatic rings. The molecule has 6 heteroatoms. The fourth-order valence-corrected chi connectivity index (χ4v) is 2.38. The summed E-state index contributed by atoms with van der Waals surface area (Å²) in [5.74, 6) is -0.548. The van der Waals surface area contributed by atoms with Gasteiger partial charge in [-0.3, -0.25) is 14.3 Å². The number of amides is 1. The molecule has 0 atom stereocenters. The molecule has 3 rings (SSSR count). The predicted molar refractivity (Wildman–Crippen MR) is 86.4 cm³/mol. The van der Waals surface area contributed by atoms with Gasteiger partial charge in [0.25, 0.3) is 5.91 Å². The molecule has 1 N–H and O–H groups in total. The van der Waals surface area contributed by atoms with E-state index in [1.165, 1.54) is 4.68 Å². The van der Waals surface area contributed by atoms with E-state index in [1.54, 1.807) is 49.5 Å². The molecule has 0 fully saturated rings. The molecular formula is C16H12ClN3O2. The zero-order chi connectivity index (χ0) is 15.7. The van der Waals surface area contributed by atoms with Crippen molar-refractivity contribution >= 4 is 34.1 Å². The number of anilines is 1. The third kappa shape index (κ3) is 2.58. The summed E-state index contributed by atoms with van der Waals surface area (Å²) in [6.07, 6.45) is 0. The van der Waals surface area contributed by atoms with Gasteiger partial charge in [-0.05, 0) is 30.3 Å². The van der Waals surface area contributed by atoms with E-state index in [2.05, 4.69) is 10.4 Å². The number of halogens is 1. The van der Waals surface area contributed by atoms with Gasteiger partial charge >= 0.3 is 0 Å². The molecule has 0 spiro atoms. The molecule has 0 bridgehead atoms. The Bertz CT molecular complexity index is 920. The van der Waals surface area contributed by atoms with E-state index in [0.29, 0.717) is 21.6 Å². The first-order valence-corrected chi connectivity index (χ1v) is 6.97. The number of rotatable bonds is 2. The minimum Gasteiger partial charge on any atom is -0.320 e. The number of aryl methyl sites for hydroxylation is 1. The van der Waals surface area contributed by atoms with Crippen LogP contribution in [0.5, 0.6) is 0 Å². The van der Waals surface area contributed by atoms with E-state index in [4.69, 9.17) is 11.6 Å². The van der Waals surface area contributed by atoms with Gasteiger partial charge < -0.3 is 5.32 Å². The number of aromatic nitrogens is 2. The molecular weight excluding hydrogens is 302 g/mol. The number of nitrogens with zero attached hydrogens (tertiary/aromatic N) is 2. The summed E-state index contributed by atoms with van der Waals surface area (Å²) in [7, 11) is 1.68. The molecule has 0 unspecified atom stereocenters. The van der Waals surface area contributed by atoms with Crippen LogP contribution in [-0.2, 0) is 7.05 Å². The lowest BCUT2D eigenvalue weighted by molar-refractivity contribution is 0.101. The number of carbonyl (C=O) groups excluding carboxylic acids is 1. The third-order valence-corrected chi connectivity index (χ3v) is 3.50. The number of para-hydroxylation sites is 1. The van der Waals surface area contributed by atoms with Crippen molar-refractivity contribution < 1.29 is 4.79 Å². The summed E-state index contributed by atoms with van der Waals surface area (Å²) < 4.78 is 1.49. The summed E-state index contributed by atoms with van der Waals surface area (Å²) in [5, 5.41) is 7.53. The molecule has 5 nitrogen and oxygen atoms in total. The molecule has 0 aliphatic carbocycles. The molecule has 0 aliphatic rings. The number of benzene rings is 2. The van der Waals surface area contributed by atoms with E-state index < -0.39 is 11.3 Å². The minimum atomic E-state index is -0.548. The van der Waals surface area contributed by atoms with E-state index in [9.17, 15) is 9.59 Å². The van der Waals surface area contributed by atoms with Gasteiger partial charge in [0.05, 0.1) is 10.9 Å². The Morgan fingerprint density at radius 3 is 2.64 bits per heavy atom. The maximum atomic E-state index is 12.5. The van der Waals surface area contributed by atoms with Crippen LogP contribution in [0, 0.1) is 0 Å². The van der Waals surface area contributed by atoms with Gasteiger partial charge in [0, 0.05) is 17.8 Å². The van der Waals surface area contributed by atoms with Crippen LogP contribution in [0.3, 0.4) is 0 Å². The first kappa shape index (κ1) is 14.3. The van der Waals surface area contributed by atoms with E-state index in [0.717, 1.165) is 0 Å². The number of fused-ring (bicyclic) bond motifs is 1. The number of hydrogen-bond acceptors (Lipinski definition) is 3. The van der Waals surface area contributed by atoms with Crippen molar-refractivity contribution in [2.24, 2.45) is 7.05 Å². The highest BCUT2D eigenvalue weighted by Crippen LogP contribution is 2.16. The fraction of sp³-hybridized carbons (Fsp3) is 0.0625. The van der Waals surface area contributed by atoms with Crippen molar-refractivity contribution in [1.29, 1.82) is 0 Å². The van der Waals surface area contributed by atoms with Crippen molar-refractivity contribution in [3.63, 3.8) is 0 Å². The van der Waals surface area contributed by atoms with Crippen molar-refractivity contribution in [2.45, 2.75) is 0 Å². The first-order valence-electron chi connectivity index (χ1n) is 6.59. The molecule has 0 aliphatic heterocycles. The van der Waals surface area contributed by atoms with Gasteiger partial charge in [-0.15, -0.1) is 0 Å². The molecule has 22 heavy (non-hydrogen) atoms. The second-order valence-corrected chi connectivity index (χ2v) is 5.22. The normalized spacial score (nSPS) is 10.6. The largest absolute Gasteiger partial charge is 0.320 e. The van der Waals surface area contributed by atoms with Crippen LogP contribution in [-0.4, -0.2) is 15.7 Å². The van der Waals surface area contributed by atoms with Crippen LogP contribution in [0.2, 0.25) is 5.02 Å². The van der Waals surface area contributed by atoms with Crippen molar-refractivity contribution in [1.82, 2.24) is 9.78 Å². The zero-order valence-corrected chi connectivity index (χ0v) is 12.5. The lowest BCUT2D eigenvalue weighted by Crippen LogP contribution is -2.26. The van der Waals surface area contributed by atoms with Gasteiger partial charge in [-0.1, -0.05) is 29.8 Å². The maximum absolute atomic E-state index is 12.5. The van der Waals surface area contributed by atoms with Crippen molar-refractivity contribution in [3.05, 3.63) is 69.5 Å². The summed E-state index contributed by atoms with van der Waals surface area (Å²) in [6.45, 7) is 0. The minimum absolute atomic E-state index is 0.166.